The molecule has 0 radical (unpaired) electrons. The van der Waals surface area contributed by atoms with Gasteiger partial charge >= 0.3 is 0 Å². The van der Waals surface area contributed by atoms with Crippen LogP contribution < -0.4 is 10.1 Å². The number of hydrogen-bond acceptors (Lipinski definition) is 2. The topological polar surface area (TPSA) is 21.3 Å². The molecule has 0 spiro atoms. The molecule has 1 aliphatic rings. The zero-order chi connectivity index (χ0) is 14.7. The maximum absolute atomic E-state index is 5.81. The number of aryl methyl sites for hydroxylation is 1. The minimum atomic E-state index is 0.377. The zero-order valence-corrected chi connectivity index (χ0v) is 13.8. The van der Waals surface area contributed by atoms with E-state index in [9.17, 15) is 0 Å². The molecule has 1 heterocycles. The Morgan fingerprint density at radius 1 is 1.24 bits per heavy atom. The Balaban J connectivity index is 1.75. The predicted molar refractivity (Wildman–Crippen MR) is 89.9 cm³/mol. The van der Waals surface area contributed by atoms with Crippen LogP contribution in [-0.4, -0.2) is 13.7 Å². The molecule has 0 aromatic heterocycles. The number of nitrogens with one attached hydrogen (secondary N) is 1. The maximum atomic E-state index is 5.81. The Bertz CT molecular complexity index is 612. The van der Waals surface area contributed by atoms with Gasteiger partial charge in [-0.3, -0.25) is 0 Å². The molecule has 3 heteroatoms. The molecule has 2 aromatic carbocycles. The third-order valence-electron chi connectivity index (χ3n) is 4.08. The average molecular weight is 346 g/mol. The Morgan fingerprint density at radius 3 is 2.81 bits per heavy atom. The lowest BCUT2D eigenvalue weighted by Gasteiger charge is -2.17. The quantitative estimate of drug-likeness (QED) is 0.873. The van der Waals surface area contributed by atoms with Crippen LogP contribution >= 0.6 is 15.9 Å². The van der Waals surface area contributed by atoms with Crippen LogP contribution in [0.2, 0.25) is 0 Å². The molecule has 0 saturated heterocycles. The summed E-state index contributed by atoms with van der Waals surface area (Å²) in [6.07, 6.45) is 3.10. The van der Waals surface area contributed by atoms with Gasteiger partial charge in [0.05, 0.1) is 6.61 Å². The first kappa shape index (κ1) is 14.6. The van der Waals surface area contributed by atoms with Crippen molar-refractivity contribution >= 4 is 15.9 Å². The smallest absolute Gasteiger partial charge is 0.125 e. The molecular weight excluding hydrogens is 326 g/mol. The van der Waals surface area contributed by atoms with Gasteiger partial charge in [-0.25, -0.2) is 0 Å². The lowest BCUT2D eigenvalue weighted by molar-refractivity contribution is 0.352. The summed E-state index contributed by atoms with van der Waals surface area (Å²) in [7, 11) is 2.03. The van der Waals surface area contributed by atoms with E-state index in [-0.39, 0.29) is 0 Å². The Morgan fingerprint density at radius 2 is 2.05 bits per heavy atom. The molecule has 1 atom stereocenters. The Hall–Kier alpha value is -1.32. The molecule has 1 aliphatic heterocycles. The van der Waals surface area contributed by atoms with Gasteiger partial charge in [-0.2, -0.15) is 0 Å². The number of hydrogen-bond donors (Lipinski definition) is 1. The molecule has 2 nitrogen and oxygen atoms in total. The molecule has 0 bridgehead atoms. The highest BCUT2D eigenvalue weighted by Gasteiger charge is 2.18. The van der Waals surface area contributed by atoms with Gasteiger partial charge in [0.15, 0.2) is 0 Å². The monoisotopic (exact) mass is 345 g/mol. The second kappa shape index (κ2) is 6.63. The van der Waals surface area contributed by atoms with E-state index >= 15 is 0 Å². The van der Waals surface area contributed by atoms with Gasteiger partial charge in [0.2, 0.25) is 0 Å². The molecule has 110 valence electrons. The first-order chi connectivity index (χ1) is 10.3. The van der Waals surface area contributed by atoms with Crippen LogP contribution in [0.3, 0.4) is 0 Å². The molecule has 0 fully saturated rings. The Labute approximate surface area is 134 Å². The summed E-state index contributed by atoms with van der Waals surface area (Å²) < 4.78 is 6.97. The maximum Gasteiger partial charge on any atom is 0.125 e. The summed E-state index contributed by atoms with van der Waals surface area (Å²) >= 11 is 3.61. The van der Waals surface area contributed by atoms with E-state index in [4.69, 9.17) is 4.74 Å². The fraction of sp³-hybridized carbons (Fsp3) is 0.333. The highest BCUT2D eigenvalue weighted by molar-refractivity contribution is 9.10. The van der Waals surface area contributed by atoms with Crippen molar-refractivity contribution in [1.29, 1.82) is 0 Å². The molecule has 1 unspecified atom stereocenters. The first-order valence-electron chi connectivity index (χ1n) is 7.44. The minimum absolute atomic E-state index is 0.377. The van der Waals surface area contributed by atoms with Gasteiger partial charge in [-0.1, -0.05) is 46.3 Å². The van der Waals surface area contributed by atoms with E-state index in [2.05, 4.69) is 63.7 Å². The predicted octanol–water partition coefficient (Wildman–Crippen LogP) is 4.28. The minimum Gasteiger partial charge on any atom is -0.493 e. The van der Waals surface area contributed by atoms with Crippen molar-refractivity contribution in [2.45, 2.75) is 25.3 Å². The molecule has 1 N–H and O–H groups in total. The molecule has 0 aliphatic carbocycles. The lowest BCUT2D eigenvalue weighted by Crippen LogP contribution is -2.17. The summed E-state index contributed by atoms with van der Waals surface area (Å²) in [4.78, 5) is 0. The van der Waals surface area contributed by atoms with Gasteiger partial charge in [0.25, 0.3) is 0 Å². The van der Waals surface area contributed by atoms with E-state index in [1.165, 1.54) is 16.7 Å². The van der Waals surface area contributed by atoms with Crippen LogP contribution in [-0.2, 0) is 12.8 Å². The number of benzene rings is 2. The zero-order valence-electron chi connectivity index (χ0n) is 12.2. The van der Waals surface area contributed by atoms with Crippen LogP contribution in [0.1, 0.15) is 29.2 Å². The molecule has 21 heavy (non-hydrogen) atoms. The van der Waals surface area contributed by atoms with Crippen LogP contribution in [0.25, 0.3) is 0 Å². The fourth-order valence-electron chi connectivity index (χ4n) is 2.99. The standard InChI is InChI=1S/C18H20BrNO/c1-20-17(13-5-3-2-4-6-13)8-7-14-11-16(19)12-15-9-10-21-18(14)15/h2-6,11-12,17,20H,7-10H2,1H3. The van der Waals surface area contributed by atoms with Crippen molar-refractivity contribution in [3.63, 3.8) is 0 Å². The van der Waals surface area contributed by atoms with E-state index in [0.29, 0.717) is 6.04 Å². The largest absolute Gasteiger partial charge is 0.493 e. The van der Waals surface area contributed by atoms with E-state index in [0.717, 1.165) is 36.1 Å². The number of halogens is 1. The van der Waals surface area contributed by atoms with Gasteiger partial charge < -0.3 is 10.1 Å². The van der Waals surface area contributed by atoms with Gasteiger partial charge in [-0.05, 0) is 48.7 Å². The second-order valence-electron chi connectivity index (χ2n) is 5.44. The molecule has 0 saturated carbocycles. The van der Waals surface area contributed by atoms with Crippen LogP contribution in [0.5, 0.6) is 5.75 Å². The molecule has 2 aromatic rings. The van der Waals surface area contributed by atoms with Crippen molar-refractivity contribution in [1.82, 2.24) is 5.32 Å². The van der Waals surface area contributed by atoms with E-state index in [1.54, 1.807) is 0 Å². The van der Waals surface area contributed by atoms with Crippen LogP contribution in [0.4, 0.5) is 0 Å². The van der Waals surface area contributed by atoms with Gasteiger partial charge in [0.1, 0.15) is 5.75 Å². The summed E-state index contributed by atoms with van der Waals surface area (Å²) in [5, 5.41) is 3.42. The van der Waals surface area contributed by atoms with E-state index < -0.39 is 0 Å². The summed E-state index contributed by atoms with van der Waals surface area (Å²) in [5.41, 5.74) is 3.99. The summed E-state index contributed by atoms with van der Waals surface area (Å²) in [5.74, 6) is 1.11. The van der Waals surface area contributed by atoms with E-state index in [1.807, 2.05) is 7.05 Å². The average Bonchev–Trinajstić information content (AvgIpc) is 2.97. The fourth-order valence-corrected chi connectivity index (χ4v) is 3.55. The van der Waals surface area contributed by atoms with Crippen LogP contribution in [0.15, 0.2) is 46.9 Å². The summed E-state index contributed by atoms with van der Waals surface area (Å²) in [6, 6.07) is 15.4. The second-order valence-corrected chi connectivity index (χ2v) is 6.36. The van der Waals surface area contributed by atoms with Gasteiger partial charge in [0, 0.05) is 16.9 Å². The normalized spacial score (nSPS) is 14.6. The first-order valence-corrected chi connectivity index (χ1v) is 8.23. The molecule has 3 rings (SSSR count). The number of fused-ring (bicyclic) bond motifs is 1. The van der Waals surface area contributed by atoms with Crippen molar-refractivity contribution in [3.05, 3.63) is 63.6 Å². The van der Waals surface area contributed by atoms with Crippen molar-refractivity contribution in [2.75, 3.05) is 13.7 Å². The Kier molecular flexibility index (Phi) is 4.61. The number of ether oxygens (including phenoxy) is 1. The lowest BCUT2D eigenvalue weighted by atomic mass is 9.97. The summed E-state index contributed by atoms with van der Waals surface area (Å²) in [6.45, 7) is 0.812. The third kappa shape index (κ3) is 3.30. The SMILES string of the molecule is CNC(CCc1cc(Br)cc2c1OCC2)c1ccccc1. The highest BCUT2D eigenvalue weighted by atomic mass is 79.9. The van der Waals surface area contributed by atoms with Crippen molar-refractivity contribution in [2.24, 2.45) is 0 Å². The van der Waals surface area contributed by atoms with Crippen LogP contribution in [0, 0.1) is 0 Å². The van der Waals surface area contributed by atoms with Gasteiger partial charge in [-0.15, -0.1) is 0 Å². The molecule has 0 amide bonds. The third-order valence-corrected chi connectivity index (χ3v) is 4.54. The molecular formula is C18H20BrNO. The van der Waals surface area contributed by atoms with Crippen molar-refractivity contribution < 1.29 is 4.74 Å². The van der Waals surface area contributed by atoms with Crippen molar-refractivity contribution in [3.8, 4) is 5.75 Å². The number of rotatable bonds is 5. The highest BCUT2D eigenvalue weighted by Crippen LogP contribution is 2.34.